The zero-order chi connectivity index (χ0) is 7.68. The van der Waals surface area contributed by atoms with Crippen LogP contribution in [-0.2, 0) is 0 Å². The third-order valence-electron chi connectivity index (χ3n) is 1.40. The molecule has 0 saturated carbocycles. The molecule has 0 spiro atoms. The predicted molar refractivity (Wildman–Crippen MR) is 48.0 cm³/mol. The molecule has 64 valence electrons. The van der Waals surface area contributed by atoms with Gasteiger partial charge in [-0.2, -0.15) is 0 Å². The molecule has 6 heteroatoms. The van der Waals surface area contributed by atoms with Crippen LogP contribution in [0.15, 0.2) is 24.5 Å². The summed E-state index contributed by atoms with van der Waals surface area (Å²) in [6.45, 7) is 0. The SMILES string of the molecule is Cl.NNc1ccc2nccn2n1. The van der Waals surface area contributed by atoms with Gasteiger partial charge in [-0.25, -0.2) is 15.3 Å². The quantitative estimate of drug-likeness (QED) is 0.500. The average molecular weight is 186 g/mol. The van der Waals surface area contributed by atoms with Gasteiger partial charge in [0.05, 0.1) is 0 Å². The molecule has 0 fully saturated rings. The number of nitrogens with one attached hydrogen (secondary N) is 1. The lowest BCUT2D eigenvalue weighted by atomic mass is 10.5. The third kappa shape index (κ3) is 1.32. The Morgan fingerprint density at radius 2 is 2.25 bits per heavy atom. The second-order valence-corrected chi connectivity index (χ2v) is 2.09. The summed E-state index contributed by atoms with van der Waals surface area (Å²) in [5, 5.41) is 4.07. The van der Waals surface area contributed by atoms with Crippen LogP contribution >= 0.6 is 12.4 Å². The highest BCUT2D eigenvalue weighted by Crippen LogP contribution is 2.02. The molecule has 2 heterocycles. The number of nitrogen functional groups attached to an aromatic ring is 1. The number of nitrogens with two attached hydrogens (primary N) is 1. The van der Waals surface area contributed by atoms with Crippen LogP contribution in [0.25, 0.3) is 5.65 Å². The first-order valence-electron chi connectivity index (χ1n) is 3.17. The number of halogens is 1. The van der Waals surface area contributed by atoms with Crippen LogP contribution in [-0.4, -0.2) is 14.6 Å². The monoisotopic (exact) mass is 185 g/mol. The van der Waals surface area contributed by atoms with E-state index in [0.29, 0.717) is 5.82 Å². The van der Waals surface area contributed by atoms with Crippen molar-refractivity contribution in [1.82, 2.24) is 14.6 Å². The minimum atomic E-state index is 0. The number of anilines is 1. The third-order valence-corrected chi connectivity index (χ3v) is 1.40. The molecule has 5 nitrogen and oxygen atoms in total. The Bertz CT molecular complexity index is 371. The van der Waals surface area contributed by atoms with E-state index in [-0.39, 0.29) is 12.4 Å². The zero-order valence-electron chi connectivity index (χ0n) is 6.14. The molecular weight excluding hydrogens is 178 g/mol. The summed E-state index contributed by atoms with van der Waals surface area (Å²) < 4.78 is 1.65. The lowest BCUT2D eigenvalue weighted by Gasteiger charge is -1.97. The molecule has 0 aliphatic heterocycles. The van der Waals surface area contributed by atoms with Gasteiger partial charge in [-0.1, -0.05) is 0 Å². The Morgan fingerprint density at radius 1 is 1.42 bits per heavy atom. The minimum Gasteiger partial charge on any atom is -0.307 e. The number of hydrogen-bond donors (Lipinski definition) is 2. The van der Waals surface area contributed by atoms with Crippen molar-refractivity contribution >= 4 is 23.9 Å². The molecule has 0 amide bonds. The van der Waals surface area contributed by atoms with Crippen molar-refractivity contribution in [3.05, 3.63) is 24.5 Å². The fraction of sp³-hybridized carbons (Fsp3) is 0. The molecule has 0 aliphatic carbocycles. The first-order chi connectivity index (χ1) is 5.40. The van der Waals surface area contributed by atoms with Gasteiger partial charge in [0.15, 0.2) is 11.5 Å². The van der Waals surface area contributed by atoms with Gasteiger partial charge in [0.25, 0.3) is 0 Å². The van der Waals surface area contributed by atoms with Gasteiger partial charge < -0.3 is 5.43 Å². The molecule has 0 bridgehead atoms. The van der Waals surface area contributed by atoms with E-state index in [9.17, 15) is 0 Å². The van der Waals surface area contributed by atoms with Crippen molar-refractivity contribution in [3.8, 4) is 0 Å². The molecule has 0 saturated heterocycles. The van der Waals surface area contributed by atoms with E-state index in [4.69, 9.17) is 5.84 Å². The second-order valence-electron chi connectivity index (χ2n) is 2.09. The van der Waals surface area contributed by atoms with Gasteiger partial charge in [-0.05, 0) is 12.1 Å². The molecule has 0 radical (unpaired) electrons. The Kier molecular flexibility index (Phi) is 2.47. The van der Waals surface area contributed by atoms with Crippen LogP contribution in [0.2, 0.25) is 0 Å². The van der Waals surface area contributed by atoms with Gasteiger partial charge in [0.2, 0.25) is 0 Å². The summed E-state index contributed by atoms with van der Waals surface area (Å²) in [4.78, 5) is 4.03. The number of fused-ring (bicyclic) bond motifs is 1. The molecule has 0 unspecified atom stereocenters. The van der Waals surface area contributed by atoms with E-state index >= 15 is 0 Å². The maximum absolute atomic E-state index is 5.16. The summed E-state index contributed by atoms with van der Waals surface area (Å²) in [5.41, 5.74) is 3.26. The largest absolute Gasteiger partial charge is 0.307 e. The van der Waals surface area contributed by atoms with Crippen molar-refractivity contribution in [2.24, 2.45) is 5.84 Å². The Labute approximate surface area is 75.0 Å². The van der Waals surface area contributed by atoms with Crippen LogP contribution < -0.4 is 11.3 Å². The molecule has 12 heavy (non-hydrogen) atoms. The Balaban J connectivity index is 0.000000720. The highest BCUT2D eigenvalue weighted by molar-refractivity contribution is 5.85. The molecule has 2 rings (SSSR count). The fourth-order valence-electron chi connectivity index (χ4n) is 0.892. The van der Waals surface area contributed by atoms with Crippen LogP contribution in [0, 0.1) is 0 Å². The normalized spacial score (nSPS) is 9.42. The smallest absolute Gasteiger partial charge is 0.161 e. The summed E-state index contributed by atoms with van der Waals surface area (Å²) in [7, 11) is 0. The molecule has 2 aromatic rings. The lowest BCUT2D eigenvalue weighted by Crippen LogP contribution is -2.09. The van der Waals surface area contributed by atoms with Crippen molar-refractivity contribution in [1.29, 1.82) is 0 Å². The van der Waals surface area contributed by atoms with Crippen molar-refractivity contribution in [3.63, 3.8) is 0 Å². The summed E-state index contributed by atoms with van der Waals surface area (Å²) >= 11 is 0. The maximum Gasteiger partial charge on any atom is 0.161 e. The molecule has 0 atom stereocenters. The second kappa shape index (κ2) is 3.38. The summed E-state index contributed by atoms with van der Waals surface area (Å²) in [6, 6.07) is 3.60. The number of imidazole rings is 1. The van der Waals surface area contributed by atoms with E-state index < -0.39 is 0 Å². The number of aromatic nitrogens is 3. The molecule has 3 N–H and O–H groups in total. The van der Waals surface area contributed by atoms with Gasteiger partial charge >= 0.3 is 0 Å². The van der Waals surface area contributed by atoms with Crippen LogP contribution in [0.5, 0.6) is 0 Å². The average Bonchev–Trinajstić information content (AvgIpc) is 2.50. The van der Waals surface area contributed by atoms with E-state index in [1.54, 1.807) is 23.0 Å². The van der Waals surface area contributed by atoms with E-state index in [2.05, 4.69) is 15.5 Å². The van der Waals surface area contributed by atoms with Gasteiger partial charge in [0, 0.05) is 12.4 Å². The number of hydrogen-bond acceptors (Lipinski definition) is 4. The number of nitrogens with zero attached hydrogens (tertiary/aromatic N) is 3. The number of hydrazine groups is 1. The lowest BCUT2D eigenvalue weighted by molar-refractivity contribution is 0.933. The summed E-state index contributed by atoms with van der Waals surface area (Å²) in [5.74, 6) is 5.78. The van der Waals surface area contributed by atoms with Gasteiger partial charge in [-0.15, -0.1) is 17.5 Å². The van der Waals surface area contributed by atoms with E-state index in [1.807, 2.05) is 6.07 Å². The van der Waals surface area contributed by atoms with Crippen LogP contribution in [0.3, 0.4) is 0 Å². The first kappa shape index (κ1) is 8.76. The van der Waals surface area contributed by atoms with E-state index in [1.165, 1.54) is 0 Å². The van der Waals surface area contributed by atoms with E-state index in [0.717, 1.165) is 5.65 Å². The zero-order valence-corrected chi connectivity index (χ0v) is 6.95. The maximum atomic E-state index is 5.16. The summed E-state index contributed by atoms with van der Waals surface area (Å²) in [6.07, 6.45) is 3.44. The topological polar surface area (TPSA) is 68.2 Å². The van der Waals surface area contributed by atoms with Crippen LogP contribution in [0.1, 0.15) is 0 Å². The minimum absolute atomic E-state index is 0. The first-order valence-corrected chi connectivity index (χ1v) is 3.17. The molecule has 0 aliphatic rings. The van der Waals surface area contributed by atoms with Crippen molar-refractivity contribution in [2.75, 3.05) is 5.43 Å². The van der Waals surface area contributed by atoms with Crippen LogP contribution in [0.4, 0.5) is 5.82 Å². The predicted octanol–water partition coefficient (Wildman–Crippen LogP) is 0.437. The highest BCUT2D eigenvalue weighted by Gasteiger charge is 1.94. The van der Waals surface area contributed by atoms with Crippen molar-refractivity contribution < 1.29 is 0 Å². The van der Waals surface area contributed by atoms with Gasteiger partial charge in [0.1, 0.15) is 0 Å². The fourth-order valence-corrected chi connectivity index (χ4v) is 0.892. The number of rotatable bonds is 1. The highest BCUT2D eigenvalue weighted by atomic mass is 35.5. The standard InChI is InChI=1S/C6H7N5.ClH/c7-9-5-1-2-6-8-3-4-11(6)10-5;/h1-4H,7H2,(H,9,10);1H. The Morgan fingerprint density at radius 3 is 3.00 bits per heavy atom. The van der Waals surface area contributed by atoms with Gasteiger partial charge in [-0.3, -0.25) is 0 Å². The molecule has 2 aromatic heterocycles. The molecule has 0 aromatic carbocycles. The molecular formula is C6H8ClN5. The van der Waals surface area contributed by atoms with Crippen molar-refractivity contribution in [2.45, 2.75) is 0 Å². The Hall–Kier alpha value is -1.33.